The van der Waals surface area contributed by atoms with Gasteiger partial charge in [-0.05, 0) is 36.4 Å². The van der Waals surface area contributed by atoms with Crippen molar-refractivity contribution in [2.24, 2.45) is 5.10 Å². The second kappa shape index (κ2) is 10.1. The molecule has 0 saturated carbocycles. The molecule has 154 valence electrons. The molecular weight excluding hydrogens is 476 g/mol. The van der Waals surface area contributed by atoms with Gasteiger partial charge in [-0.2, -0.15) is 5.10 Å². The predicted molar refractivity (Wildman–Crippen MR) is 125 cm³/mol. The number of hydrogen-bond acceptors (Lipinski definition) is 6. The van der Waals surface area contributed by atoms with Crippen molar-refractivity contribution >= 4 is 39.8 Å². The fourth-order valence-corrected chi connectivity index (χ4v) is 3.75. The molecule has 0 aliphatic heterocycles. The highest BCUT2D eigenvalue weighted by molar-refractivity contribution is 9.10. The van der Waals surface area contributed by atoms with Crippen LogP contribution in [0, 0.1) is 0 Å². The molecule has 2 heterocycles. The van der Waals surface area contributed by atoms with Crippen LogP contribution >= 0.6 is 27.7 Å². The van der Waals surface area contributed by atoms with E-state index in [2.05, 4.69) is 41.6 Å². The number of para-hydroxylation sites is 1. The van der Waals surface area contributed by atoms with Gasteiger partial charge in [0, 0.05) is 21.9 Å². The van der Waals surface area contributed by atoms with Crippen LogP contribution in [0.2, 0.25) is 0 Å². The van der Waals surface area contributed by atoms with Crippen LogP contribution in [0.25, 0.3) is 17.1 Å². The maximum atomic E-state index is 12.2. The number of rotatable bonds is 7. The van der Waals surface area contributed by atoms with Crippen LogP contribution in [-0.4, -0.2) is 37.6 Å². The topological polar surface area (TPSA) is 85.1 Å². The van der Waals surface area contributed by atoms with Gasteiger partial charge >= 0.3 is 0 Å². The van der Waals surface area contributed by atoms with Crippen molar-refractivity contribution < 1.29 is 4.79 Å². The van der Waals surface area contributed by atoms with Crippen molar-refractivity contribution in [3.8, 4) is 17.1 Å². The second-order valence-corrected chi connectivity index (χ2v) is 8.18. The monoisotopic (exact) mass is 492 g/mol. The maximum absolute atomic E-state index is 12.2. The zero-order chi connectivity index (χ0) is 21.5. The maximum Gasteiger partial charge on any atom is 0.250 e. The van der Waals surface area contributed by atoms with Crippen LogP contribution in [0.3, 0.4) is 0 Å². The number of amides is 1. The van der Waals surface area contributed by atoms with Gasteiger partial charge in [0.2, 0.25) is 0 Å². The lowest BCUT2D eigenvalue weighted by atomic mass is 10.2. The first-order valence-electron chi connectivity index (χ1n) is 9.33. The van der Waals surface area contributed by atoms with Crippen molar-refractivity contribution in [3.05, 3.63) is 89.2 Å². The average Bonchev–Trinajstić information content (AvgIpc) is 3.23. The Morgan fingerprint density at radius 2 is 1.81 bits per heavy atom. The van der Waals surface area contributed by atoms with E-state index in [4.69, 9.17) is 0 Å². The van der Waals surface area contributed by atoms with E-state index >= 15 is 0 Å². The lowest BCUT2D eigenvalue weighted by molar-refractivity contribution is -0.118. The third-order valence-corrected chi connectivity index (χ3v) is 5.61. The molecule has 0 unspecified atom stereocenters. The van der Waals surface area contributed by atoms with Crippen LogP contribution in [0.15, 0.2) is 93.7 Å². The number of hydrogen-bond donors (Lipinski definition) is 1. The molecule has 2 aromatic heterocycles. The van der Waals surface area contributed by atoms with E-state index in [0.29, 0.717) is 16.7 Å². The third-order valence-electron chi connectivity index (χ3n) is 4.16. The molecule has 1 amide bonds. The molecule has 0 radical (unpaired) electrons. The molecule has 9 heteroatoms. The molecule has 4 rings (SSSR count). The van der Waals surface area contributed by atoms with Gasteiger partial charge in [0.15, 0.2) is 11.0 Å². The summed E-state index contributed by atoms with van der Waals surface area (Å²) in [5.41, 5.74) is 5.02. The van der Waals surface area contributed by atoms with Crippen molar-refractivity contribution in [3.63, 3.8) is 0 Å². The van der Waals surface area contributed by atoms with E-state index in [1.165, 1.54) is 18.0 Å². The molecule has 0 aliphatic rings. The largest absolute Gasteiger partial charge is 0.272 e. The summed E-state index contributed by atoms with van der Waals surface area (Å²) >= 11 is 4.75. The van der Waals surface area contributed by atoms with Crippen molar-refractivity contribution in [1.82, 2.24) is 25.2 Å². The Morgan fingerprint density at radius 3 is 2.55 bits per heavy atom. The summed E-state index contributed by atoms with van der Waals surface area (Å²) in [6, 6.07) is 23.1. The molecule has 0 saturated heterocycles. The summed E-state index contributed by atoms with van der Waals surface area (Å²) in [6.45, 7) is 0. The number of nitrogens with one attached hydrogen (secondary N) is 1. The standard InChI is InChI=1S/C22H17BrN6OS/c23-17-11-9-16(10-12-17)21-27-28-22(29(21)19-7-2-1-3-8-19)31-15-20(30)26-25-14-18-6-4-5-13-24-18/h1-14H,15H2,(H,26,30). The molecule has 0 aliphatic carbocycles. The quantitative estimate of drug-likeness (QED) is 0.235. The Morgan fingerprint density at radius 1 is 1.03 bits per heavy atom. The molecule has 2 aromatic carbocycles. The Kier molecular flexibility index (Phi) is 6.85. The molecule has 1 N–H and O–H groups in total. The predicted octanol–water partition coefficient (Wildman–Crippen LogP) is 4.33. The van der Waals surface area contributed by atoms with Crippen LogP contribution < -0.4 is 5.43 Å². The summed E-state index contributed by atoms with van der Waals surface area (Å²) in [6.07, 6.45) is 3.17. The minimum absolute atomic E-state index is 0.144. The SMILES string of the molecule is O=C(CSc1nnc(-c2ccc(Br)cc2)n1-c1ccccc1)NN=Cc1ccccn1. The first-order chi connectivity index (χ1) is 15.2. The lowest BCUT2D eigenvalue weighted by Crippen LogP contribution is -2.20. The van der Waals surface area contributed by atoms with Crippen LogP contribution in [0.4, 0.5) is 0 Å². The van der Waals surface area contributed by atoms with Crippen molar-refractivity contribution in [2.75, 3.05) is 5.75 Å². The van der Waals surface area contributed by atoms with E-state index in [0.717, 1.165) is 15.7 Å². The van der Waals surface area contributed by atoms with E-state index in [-0.39, 0.29) is 11.7 Å². The summed E-state index contributed by atoms with van der Waals surface area (Å²) in [5, 5.41) is 13.3. The number of hydrazone groups is 1. The summed E-state index contributed by atoms with van der Waals surface area (Å²) in [5.74, 6) is 0.602. The number of halogens is 1. The molecule has 0 atom stereocenters. The van der Waals surface area contributed by atoms with Gasteiger partial charge in [-0.15, -0.1) is 10.2 Å². The van der Waals surface area contributed by atoms with E-state index in [1.807, 2.05) is 71.3 Å². The van der Waals surface area contributed by atoms with Gasteiger partial charge in [0.25, 0.3) is 5.91 Å². The van der Waals surface area contributed by atoms with Gasteiger partial charge in [0.1, 0.15) is 0 Å². The van der Waals surface area contributed by atoms with E-state index in [9.17, 15) is 4.79 Å². The zero-order valence-electron chi connectivity index (χ0n) is 16.2. The summed E-state index contributed by atoms with van der Waals surface area (Å²) in [4.78, 5) is 16.4. The van der Waals surface area contributed by atoms with Crippen LogP contribution in [-0.2, 0) is 4.79 Å². The van der Waals surface area contributed by atoms with E-state index < -0.39 is 0 Å². The molecule has 0 spiro atoms. The van der Waals surface area contributed by atoms with Crippen molar-refractivity contribution in [1.29, 1.82) is 0 Å². The molecule has 7 nitrogen and oxygen atoms in total. The first kappa shape index (κ1) is 21.0. The Balaban J connectivity index is 1.51. The normalized spacial score (nSPS) is 11.0. The number of thioether (sulfide) groups is 1. The number of carbonyl (C=O) groups is 1. The highest BCUT2D eigenvalue weighted by Crippen LogP contribution is 2.28. The first-order valence-corrected chi connectivity index (χ1v) is 11.1. The number of benzene rings is 2. The van der Waals surface area contributed by atoms with Gasteiger partial charge in [0.05, 0.1) is 17.7 Å². The van der Waals surface area contributed by atoms with Crippen LogP contribution in [0.1, 0.15) is 5.69 Å². The summed E-state index contributed by atoms with van der Waals surface area (Å²) in [7, 11) is 0. The zero-order valence-corrected chi connectivity index (χ0v) is 18.6. The Hall–Kier alpha value is -3.30. The molecule has 31 heavy (non-hydrogen) atoms. The second-order valence-electron chi connectivity index (χ2n) is 6.32. The average molecular weight is 493 g/mol. The van der Waals surface area contributed by atoms with E-state index in [1.54, 1.807) is 12.3 Å². The fraction of sp³-hybridized carbons (Fsp3) is 0.0455. The van der Waals surface area contributed by atoms with Crippen LogP contribution in [0.5, 0.6) is 0 Å². The lowest BCUT2D eigenvalue weighted by Gasteiger charge is -2.10. The number of carbonyl (C=O) groups excluding carboxylic acids is 1. The minimum Gasteiger partial charge on any atom is -0.272 e. The Labute approximate surface area is 191 Å². The number of nitrogens with zero attached hydrogens (tertiary/aromatic N) is 5. The Bertz CT molecular complexity index is 1180. The molecular formula is C22H17BrN6OS. The molecule has 0 fully saturated rings. The molecule has 0 bridgehead atoms. The highest BCUT2D eigenvalue weighted by atomic mass is 79.9. The van der Waals surface area contributed by atoms with Gasteiger partial charge in [-0.3, -0.25) is 14.3 Å². The minimum atomic E-state index is -0.245. The van der Waals surface area contributed by atoms with Gasteiger partial charge in [-0.25, -0.2) is 5.43 Å². The molecule has 4 aromatic rings. The summed E-state index contributed by atoms with van der Waals surface area (Å²) < 4.78 is 2.93. The number of pyridine rings is 1. The highest BCUT2D eigenvalue weighted by Gasteiger charge is 2.17. The smallest absolute Gasteiger partial charge is 0.250 e. The van der Waals surface area contributed by atoms with Crippen molar-refractivity contribution in [2.45, 2.75) is 5.16 Å². The third kappa shape index (κ3) is 5.44. The number of aromatic nitrogens is 4. The fourth-order valence-electron chi connectivity index (χ4n) is 2.74. The van der Waals surface area contributed by atoms with Gasteiger partial charge in [-0.1, -0.05) is 64.1 Å². The van der Waals surface area contributed by atoms with Gasteiger partial charge < -0.3 is 0 Å².